The van der Waals surface area contributed by atoms with E-state index in [1.807, 2.05) is 0 Å². The van der Waals surface area contributed by atoms with Crippen molar-refractivity contribution in [3.63, 3.8) is 0 Å². The Morgan fingerprint density at radius 2 is 1.43 bits per heavy atom. The molecule has 3 unspecified atom stereocenters. The van der Waals surface area contributed by atoms with E-state index in [9.17, 15) is 24.0 Å². The predicted molar refractivity (Wildman–Crippen MR) is 77.6 cm³/mol. The number of carboxylic acid groups (broad SMARTS) is 1. The molecule has 11 nitrogen and oxygen atoms in total. The van der Waals surface area contributed by atoms with Gasteiger partial charge in [0.05, 0.1) is 12.5 Å². The van der Waals surface area contributed by atoms with Gasteiger partial charge in [0.1, 0.15) is 18.6 Å². The highest BCUT2D eigenvalue weighted by Crippen LogP contribution is 1.92. The van der Waals surface area contributed by atoms with E-state index in [2.05, 4.69) is 16.0 Å². The van der Waals surface area contributed by atoms with Crippen molar-refractivity contribution in [1.82, 2.24) is 16.0 Å². The summed E-state index contributed by atoms with van der Waals surface area (Å²) >= 11 is 0. The number of hydrogen-bond acceptors (Lipinski definition) is 6. The molecule has 11 heteroatoms. The molecule has 4 amide bonds. The van der Waals surface area contributed by atoms with E-state index in [1.165, 1.54) is 13.8 Å². The second kappa shape index (κ2) is 9.35. The fourth-order valence-corrected chi connectivity index (χ4v) is 1.42. The number of carbonyl (C=O) groups is 5. The number of rotatable bonds is 9. The first-order valence-corrected chi connectivity index (χ1v) is 6.68. The minimum Gasteiger partial charge on any atom is -0.480 e. The van der Waals surface area contributed by atoms with E-state index in [-0.39, 0.29) is 6.42 Å². The van der Waals surface area contributed by atoms with E-state index in [0.717, 1.165) is 0 Å². The topological polar surface area (TPSA) is 194 Å². The molecule has 0 aromatic heterocycles. The summed E-state index contributed by atoms with van der Waals surface area (Å²) in [6.07, 6.45) is -0.367. The molecule has 0 radical (unpaired) electrons. The molecule has 0 aromatic rings. The van der Waals surface area contributed by atoms with Gasteiger partial charge in [-0.15, -0.1) is 0 Å². The van der Waals surface area contributed by atoms with Crippen LogP contribution in [0.4, 0.5) is 0 Å². The summed E-state index contributed by atoms with van der Waals surface area (Å²) in [6.45, 7) is 2.13. The van der Waals surface area contributed by atoms with E-state index in [1.54, 1.807) is 0 Å². The number of nitrogens with one attached hydrogen (secondary N) is 3. The summed E-state index contributed by atoms with van der Waals surface area (Å²) in [7, 11) is 0. The zero-order valence-electron chi connectivity index (χ0n) is 12.8. The molecule has 130 valence electrons. The van der Waals surface area contributed by atoms with E-state index < -0.39 is 54.3 Å². The number of primary amides is 1. The smallest absolute Gasteiger partial charge is 0.322 e. The Morgan fingerprint density at radius 3 is 1.91 bits per heavy atom. The van der Waals surface area contributed by atoms with Crippen LogP contribution >= 0.6 is 0 Å². The van der Waals surface area contributed by atoms with Crippen LogP contribution in [0.25, 0.3) is 0 Å². The first-order valence-electron chi connectivity index (χ1n) is 6.68. The molecule has 8 N–H and O–H groups in total. The third kappa shape index (κ3) is 8.36. The average molecular weight is 331 g/mol. The first-order chi connectivity index (χ1) is 10.5. The largest absolute Gasteiger partial charge is 0.480 e. The third-order valence-electron chi connectivity index (χ3n) is 2.68. The Kier molecular flexibility index (Phi) is 8.26. The standard InChI is InChI=1S/C12H21N5O6/c1-5(10(21)15-4-9(19)20)16-11(22)6(2)17-12(23)7(13)3-8(14)18/h5-7H,3-4,13H2,1-2H3,(H2,14,18)(H,15,21)(H,16,22)(H,17,23)(H,19,20). The maximum atomic E-state index is 11.8. The van der Waals surface area contributed by atoms with E-state index in [0.29, 0.717) is 0 Å². The number of carbonyl (C=O) groups excluding carboxylic acids is 4. The van der Waals surface area contributed by atoms with Crippen molar-refractivity contribution in [3.05, 3.63) is 0 Å². The highest BCUT2D eigenvalue weighted by Gasteiger charge is 2.23. The van der Waals surface area contributed by atoms with Crippen molar-refractivity contribution in [2.24, 2.45) is 11.5 Å². The Bertz CT molecular complexity index is 494. The zero-order valence-corrected chi connectivity index (χ0v) is 12.8. The van der Waals surface area contributed by atoms with Crippen LogP contribution < -0.4 is 27.4 Å². The maximum Gasteiger partial charge on any atom is 0.322 e. The quantitative estimate of drug-likeness (QED) is 0.251. The van der Waals surface area contributed by atoms with Crippen molar-refractivity contribution in [3.8, 4) is 0 Å². The lowest BCUT2D eigenvalue weighted by Crippen LogP contribution is -2.54. The molecule has 0 aromatic carbocycles. The second-order valence-corrected chi connectivity index (χ2v) is 4.85. The first kappa shape index (κ1) is 20.3. The van der Waals surface area contributed by atoms with Crippen LogP contribution in [-0.4, -0.2) is 59.4 Å². The van der Waals surface area contributed by atoms with Gasteiger partial charge in [0.15, 0.2) is 0 Å². The normalized spacial score (nSPS) is 14.0. The minimum absolute atomic E-state index is 0.367. The van der Waals surface area contributed by atoms with E-state index in [4.69, 9.17) is 16.6 Å². The van der Waals surface area contributed by atoms with Crippen molar-refractivity contribution < 1.29 is 29.1 Å². The van der Waals surface area contributed by atoms with Gasteiger partial charge in [-0.05, 0) is 13.8 Å². The van der Waals surface area contributed by atoms with Crippen LogP contribution in [0.3, 0.4) is 0 Å². The summed E-state index contributed by atoms with van der Waals surface area (Å²) in [5.41, 5.74) is 10.3. The van der Waals surface area contributed by atoms with Gasteiger partial charge in [-0.2, -0.15) is 0 Å². The zero-order chi connectivity index (χ0) is 18.2. The molecule has 0 heterocycles. The molecule has 0 fully saturated rings. The fourth-order valence-electron chi connectivity index (χ4n) is 1.42. The van der Waals surface area contributed by atoms with Crippen LogP contribution in [0.5, 0.6) is 0 Å². The van der Waals surface area contributed by atoms with Gasteiger partial charge < -0.3 is 32.5 Å². The average Bonchev–Trinajstić information content (AvgIpc) is 2.43. The lowest BCUT2D eigenvalue weighted by atomic mass is 10.2. The molecule has 0 saturated heterocycles. The van der Waals surface area contributed by atoms with Crippen LogP contribution in [0.15, 0.2) is 0 Å². The molecule has 0 aliphatic carbocycles. The molecule has 0 saturated carbocycles. The fraction of sp³-hybridized carbons (Fsp3) is 0.583. The van der Waals surface area contributed by atoms with Crippen LogP contribution in [-0.2, 0) is 24.0 Å². The third-order valence-corrected chi connectivity index (χ3v) is 2.68. The summed E-state index contributed by atoms with van der Waals surface area (Å²) in [6, 6.07) is -3.20. The van der Waals surface area contributed by atoms with Crippen molar-refractivity contribution in [2.45, 2.75) is 38.4 Å². The maximum absolute atomic E-state index is 11.8. The van der Waals surface area contributed by atoms with Gasteiger partial charge in [-0.3, -0.25) is 24.0 Å². The Morgan fingerprint density at radius 1 is 0.957 bits per heavy atom. The van der Waals surface area contributed by atoms with Gasteiger partial charge >= 0.3 is 5.97 Å². The van der Waals surface area contributed by atoms with E-state index >= 15 is 0 Å². The van der Waals surface area contributed by atoms with Crippen molar-refractivity contribution in [1.29, 1.82) is 0 Å². The molecular weight excluding hydrogens is 310 g/mol. The monoisotopic (exact) mass is 331 g/mol. The number of aliphatic carboxylic acids is 1. The Balaban J connectivity index is 4.38. The molecule has 0 aliphatic heterocycles. The SMILES string of the molecule is CC(NC(=O)C(N)CC(N)=O)C(=O)NC(C)C(=O)NCC(=O)O. The van der Waals surface area contributed by atoms with Gasteiger partial charge in [0.2, 0.25) is 23.6 Å². The molecular formula is C12H21N5O6. The number of nitrogens with two attached hydrogens (primary N) is 2. The molecule has 0 aliphatic rings. The second-order valence-electron chi connectivity index (χ2n) is 4.85. The highest BCUT2D eigenvalue weighted by molar-refractivity contribution is 5.94. The summed E-state index contributed by atoms with van der Waals surface area (Å²) in [5.74, 6) is -4.09. The number of carboxylic acids is 1. The van der Waals surface area contributed by atoms with Crippen molar-refractivity contribution >= 4 is 29.6 Å². The molecule has 0 rings (SSSR count). The Labute approximate surface area is 132 Å². The predicted octanol–water partition coefficient (Wildman–Crippen LogP) is -3.60. The van der Waals surface area contributed by atoms with Gasteiger partial charge in [-0.1, -0.05) is 0 Å². The molecule has 0 spiro atoms. The summed E-state index contributed by atoms with van der Waals surface area (Å²) < 4.78 is 0. The molecule has 23 heavy (non-hydrogen) atoms. The van der Waals surface area contributed by atoms with Crippen LogP contribution in [0, 0.1) is 0 Å². The number of amides is 4. The van der Waals surface area contributed by atoms with Crippen molar-refractivity contribution in [2.75, 3.05) is 6.54 Å². The lowest BCUT2D eigenvalue weighted by molar-refractivity contribution is -0.138. The van der Waals surface area contributed by atoms with Gasteiger partial charge in [0, 0.05) is 0 Å². The molecule has 0 bridgehead atoms. The molecule has 3 atom stereocenters. The van der Waals surface area contributed by atoms with Crippen LogP contribution in [0.2, 0.25) is 0 Å². The summed E-state index contributed by atoms with van der Waals surface area (Å²) in [5, 5.41) is 15.1. The number of hydrogen-bond donors (Lipinski definition) is 6. The highest BCUT2D eigenvalue weighted by atomic mass is 16.4. The Hall–Kier alpha value is -2.69. The van der Waals surface area contributed by atoms with Gasteiger partial charge in [-0.25, -0.2) is 0 Å². The minimum atomic E-state index is -1.22. The van der Waals surface area contributed by atoms with Gasteiger partial charge in [0.25, 0.3) is 0 Å². The lowest BCUT2D eigenvalue weighted by Gasteiger charge is -2.19. The summed E-state index contributed by atoms with van der Waals surface area (Å²) in [4.78, 5) is 55.9. The van der Waals surface area contributed by atoms with Crippen LogP contribution in [0.1, 0.15) is 20.3 Å².